The number of nitrogens with two attached hydrogens (primary N) is 1. The van der Waals surface area contributed by atoms with Crippen LogP contribution in [0.5, 0.6) is 0 Å². The van der Waals surface area contributed by atoms with Crippen LogP contribution < -0.4 is 10.8 Å². The number of primary amides is 1. The van der Waals surface area contributed by atoms with Gasteiger partial charge in [-0.1, -0.05) is 18.2 Å². The molecule has 0 aliphatic heterocycles. The second kappa shape index (κ2) is 9.88. The van der Waals surface area contributed by atoms with Gasteiger partial charge < -0.3 is 5.73 Å². The van der Waals surface area contributed by atoms with E-state index in [-0.39, 0.29) is 30.1 Å². The molecule has 0 heterocycles. The number of sulfonamides is 1. The van der Waals surface area contributed by atoms with Gasteiger partial charge in [-0.15, -0.1) is 12.6 Å². The van der Waals surface area contributed by atoms with Gasteiger partial charge in [0, 0.05) is 31.3 Å². The summed E-state index contributed by atoms with van der Waals surface area (Å²) in [6.45, 7) is 1.25. The van der Waals surface area contributed by atoms with Crippen molar-refractivity contribution in [3.05, 3.63) is 54.1 Å². The van der Waals surface area contributed by atoms with Crippen LogP contribution in [0.3, 0.4) is 0 Å². The van der Waals surface area contributed by atoms with E-state index >= 15 is 0 Å². The number of thiol groups is 1. The molecule has 0 spiro atoms. The van der Waals surface area contributed by atoms with Gasteiger partial charge in [-0.3, -0.25) is 14.8 Å². The van der Waals surface area contributed by atoms with Crippen molar-refractivity contribution in [3.8, 4) is 0 Å². The lowest BCUT2D eigenvalue weighted by Crippen LogP contribution is -2.35. The van der Waals surface area contributed by atoms with E-state index in [1.54, 1.807) is 0 Å². The molecule has 0 aromatic heterocycles. The third kappa shape index (κ3) is 6.04. The Morgan fingerprint density at radius 3 is 2.24 bits per heavy atom. The fraction of sp³-hybridized carbons (Fsp3) is 0.263. The topological polar surface area (TPSA) is 121 Å². The molecular formula is C19H23N3O5S2. The molecule has 2 aromatic carbocycles. The summed E-state index contributed by atoms with van der Waals surface area (Å²) in [5.41, 5.74) is 6.22. The molecule has 10 heteroatoms. The summed E-state index contributed by atoms with van der Waals surface area (Å²) in [6.07, 6.45) is 0.291. The first-order valence-corrected chi connectivity index (χ1v) is 10.7. The molecule has 8 nitrogen and oxygen atoms in total. The third-order valence-corrected chi connectivity index (χ3v) is 6.60. The maximum atomic E-state index is 13.1. The number of amides is 2. The maximum Gasteiger partial charge on any atom is 0.247 e. The van der Waals surface area contributed by atoms with E-state index in [9.17, 15) is 23.2 Å². The Bertz CT molecular complexity index is 978. The average molecular weight is 438 g/mol. The fourth-order valence-electron chi connectivity index (χ4n) is 2.64. The molecule has 156 valence electrons. The Balaban J connectivity index is 2.26. The molecule has 3 N–H and O–H groups in total. The van der Waals surface area contributed by atoms with Crippen molar-refractivity contribution in [1.29, 1.82) is 0 Å². The van der Waals surface area contributed by atoms with Gasteiger partial charge in [-0.25, -0.2) is 8.42 Å². The number of carbonyl (C=O) groups is 2. The van der Waals surface area contributed by atoms with Gasteiger partial charge in [0.15, 0.2) is 0 Å². The van der Waals surface area contributed by atoms with E-state index in [1.807, 2.05) is 24.3 Å². The lowest BCUT2D eigenvalue weighted by atomic mass is 10.1. The zero-order valence-corrected chi connectivity index (χ0v) is 17.6. The van der Waals surface area contributed by atoms with Gasteiger partial charge >= 0.3 is 0 Å². The van der Waals surface area contributed by atoms with Gasteiger partial charge in [0.05, 0.1) is 10.6 Å². The summed E-state index contributed by atoms with van der Waals surface area (Å²) >= 11 is 4.38. The van der Waals surface area contributed by atoms with Crippen LogP contribution in [0.2, 0.25) is 0 Å². The van der Waals surface area contributed by atoms with Crippen molar-refractivity contribution in [1.82, 2.24) is 4.31 Å². The molecule has 0 saturated carbocycles. The maximum absolute atomic E-state index is 13.1. The van der Waals surface area contributed by atoms with Crippen LogP contribution in [0.25, 0.3) is 0 Å². The zero-order valence-electron chi connectivity index (χ0n) is 15.9. The van der Waals surface area contributed by atoms with Crippen LogP contribution in [0, 0.1) is 0 Å². The Labute approximate surface area is 175 Å². The van der Waals surface area contributed by atoms with Gasteiger partial charge in [-0.2, -0.15) is 9.37 Å². The summed E-state index contributed by atoms with van der Waals surface area (Å²) in [5, 5.41) is 10.1. The highest BCUT2D eigenvalue weighted by molar-refractivity contribution is 7.89. The molecule has 0 radical (unpaired) electrons. The summed E-state index contributed by atoms with van der Waals surface area (Å²) in [6, 6.07) is 12.6. The Morgan fingerprint density at radius 2 is 1.69 bits per heavy atom. The minimum absolute atomic E-state index is 0.0261. The van der Waals surface area contributed by atoms with Crippen molar-refractivity contribution in [2.45, 2.75) is 29.6 Å². The van der Waals surface area contributed by atoms with Gasteiger partial charge in [0.25, 0.3) is 0 Å². The van der Waals surface area contributed by atoms with E-state index < -0.39 is 21.8 Å². The quantitative estimate of drug-likeness (QED) is 0.314. The first kappa shape index (κ1) is 22.9. The number of nitrogens with zero attached hydrogens (tertiary/aromatic N) is 2. The van der Waals surface area contributed by atoms with Crippen LogP contribution in [-0.2, 0) is 26.0 Å². The van der Waals surface area contributed by atoms with Crippen molar-refractivity contribution >= 4 is 40.2 Å². The minimum atomic E-state index is -3.93. The SMILES string of the molecule is CC(=O)N(O)c1ccc(S(=O)(=O)N(CCC(N)=O)CCc2ccccc2S)cc1. The number of carbonyl (C=O) groups excluding carboxylic acids is 2. The minimum Gasteiger partial charge on any atom is -0.370 e. The number of hydroxylamine groups is 1. The second-order valence-corrected chi connectivity index (χ2v) is 8.74. The highest BCUT2D eigenvalue weighted by atomic mass is 32.2. The number of hydrogen-bond donors (Lipinski definition) is 3. The summed E-state index contributed by atoms with van der Waals surface area (Å²) in [4.78, 5) is 23.2. The second-order valence-electron chi connectivity index (χ2n) is 6.32. The highest BCUT2D eigenvalue weighted by Gasteiger charge is 2.25. The Morgan fingerprint density at radius 1 is 1.07 bits per heavy atom. The van der Waals surface area contributed by atoms with Crippen LogP contribution >= 0.6 is 12.6 Å². The fourth-order valence-corrected chi connectivity index (χ4v) is 4.36. The standard InChI is InChI=1S/C19H23N3O5S2/c1-14(23)22(25)16-6-8-17(9-7-16)29(26,27)21(13-11-19(20)24)12-10-15-4-2-3-5-18(15)28/h2-9,25,28H,10-13H2,1H3,(H2,20,24). The molecule has 0 bridgehead atoms. The Hall–Kier alpha value is -2.40. The van der Waals surface area contributed by atoms with Crippen molar-refractivity contribution < 1.29 is 23.2 Å². The summed E-state index contributed by atoms with van der Waals surface area (Å²) in [5.74, 6) is -1.21. The molecule has 2 rings (SSSR count). The molecule has 0 atom stereocenters. The van der Waals surface area contributed by atoms with E-state index in [2.05, 4.69) is 12.6 Å². The van der Waals surface area contributed by atoms with E-state index in [0.29, 0.717) is 11.5 Å². The van der Waals surface area contributed by atoms with Crippen LogP contribution in [0.15, 0.2) is 58.3 Å². The number of hydrogen-bond acceptors (Lipinski definition) is 6. The largest absolute Gasteiger partial charge is 0.370 e. The van der Waals surface area contributed by atoms with Gasteiger partial charge in [-0.05, 0) is 42.3 Å². The molecule has 0 saturated heterocycles. The average Bonchev–Trinajstić information content (AvgIpc) is 2.68. The molecule has 0 unspecified atom stereocenters. The number of rotatable bonds is 9. The van der Waals surface area contributed by atoms with Crippen molar-refractivity contribution in [2.75, 3.05) is 18.2 Å². The smallest absolute Gasteiger partial charge is 0.247 e. The van der Waals surface area contributed by atoms with Gasteiger partial charge in [0.1, 0.15) is 0 Å². The third-order valence-electron chi connectivity index (χ3n) is 4.25. The lowest BCUT2D eigenvalue weighted by Gasteiger charge is -2.22. The van der Waals surface area contributed by atoms with E-state index in [0.717, 1.165) is 10.5 Å². The van der Waals surface area contributed by atoms with E-state index in [1.165, 1.54) is 35.5 Å². The van der Waals surface area contributed by atoms with E-state index in [4.69, 9.17) is 5.73 Å². The first-order chi connectivity index (χ1) is 13.6. The Kier molecular flexibility index (Phi) is 7.80. The highest BCUT2D eigenvalue weighted by Crippen LogP contribution is 2.22. The normalized spacial score (nSPS) is 11.4. The van der Waals surface area contributed by atoms with Crippen LogP contribution in [0.4, 0.5) is 5.69 Å². The van der Waals surface area contributed by atoms with Crippen molar-refractivity contribution in [2.24, 2.45) is 5.73 Å². The summed E-state index contributed by atoms with van der Waals surface area (Å²) < 4.78 is 27.3. The molecule has 0 fully saturated rings. The van der Waals surface area contributed by atoms with Crippen LogP contribution in [0.1, 0.15) is 18.9 Å². The molecule has 29 heavy (non-hydrogen) atoms. The molecule has 2 amide bonds. The predicted octanol–water partition coefficient (Wildman–Crippen LogP) is 1.83. The molecule has 0 aliphatic carbocycles. The number of anilines is 1. The summed E-state index contributed by atoms with van der Waals surface area (Å²) in [7, 11) is -3.93. The lowest BCUT2D eigenvalue weighted by molar-refractivity contribution is -0.121. The number of benzene rings is 2. The first-order valence-electron chi connectivity index (χ1n) is 8.78. The van der Waals surface area contributed by atoms with Gasteiger partial charge in [0.2, 0.25) is 21.8 Å². The van der Waals surface area contributed by atoms with Crippen LogP contribution in [-0.4, -0.2) is 42.8 Å². The molecular weight excluding hydrogens is 414 g/mol. The van der Waals surface area contributed by atoms with Crippen molar-refractivity contribution in [3.63, 3.8) is 0 Å². The monoisotopic (exact) mass is 437 g/mol. The molecule has 0 aliphatic rings. The predicted molar refractivity (Wildman–Crippen MR) is 111 cm³/mol. The molecule has 2 aromatic rings. The zero-order chi connectivity index (χ0) is 21.6.